The summed E-state index contributed by atoms with van der Waals surface area (Å²) in [4.78, 5) is 15.8. The molecule has 0 heterocycles. The number of ether oxygens (including phenoxy) is 1. The maximum absolute atomic E-state index is 10.9. The predicted molar refractivity (Wildman–Crippen MR) is 61.2 cm³/mol. The topological polar surface area (TPSA) is 47.9 Å². The van der Waals surface area contributed by atoms with E-state index in [1.165, 1.54) is 0 Å². The second-order valence-electron chi connectivity index (χ2n) is 3.12. The molecule has 1 aromatic rings. The lowest BCUT2D eigenvalue weighted by Gasteiger charge is -2.02. The first-order valence-electron chi connectivity index (χ1n) is 5.11. The Bertz CT molecular complexity index is 360. The van der Waals surface area contributed by atoms with E-state index >= 15 is 0 Å². The van der Waals surface area contributed by atoms with Gasteiger partial charge in [-0.05, 0) is 19.4 Å². The molecule has 0 amide bonds. The minimum absolute atomic E-state index is 0.155. The summed E-state index contributed by atoms with van der Waals surface area (Å²) in [7, 11) is 0. The molecular formula is C12H15NO3. The summed E-state index contributed by atoms with van der Waals surface area (Å²) >= 11 is 0. The highest BCUT2D eigenvalue weighted by atomic mass is 16.7. The summed E-state index contributed by atoms with van der Waals surface area (Å²) in [5.74, 6) is -0.410. The molecule has 0 unspecified atom stereocenters. The van der Waals surface area contributed by atoms with Crippen LogP contribution in [0.1, 0.15) is 19.4 Å². The molecule has 0 aliphatic rings. The average molecular weight is 221 g/mol. The molecule has 0 saturated heterocycles. The molecule has 4 heteroatoms. The van der Waals surface area contributed by atoms with Crippen molar-refractivity contribution in [1.82, 2.24) is 0 Å². The van der Waals surface area contributed by atoms with Crippen LogP contribution in [-0.4, -0.2) is 24.9 Å². The molecule has 0 aliphatic heterocycles. The Morgan fingerprint density at radius 2 is 2.00 bits per heavy atom. The van der Waals surface area contributed by atoms with Crippen LogP contribution in [0.4, 0.5) is 0 Å². The summed E-state index contributed by atoms with van der Waals surface area (Å²) in [5.41, 5.74) is 1.69. The van der Waals surface area contributed by atoms with Gasteiger partial charge in [-0.1, -0.05) is 35.5 Å². The molecule has 0 aliphatic carbocycles. The van der Waals surface area contributed by atoms with Crippen molar-refractivity contribution in [3.8, 4) is 0 Å². The maximum Gasteiger partial charge on any atom is 0.347 e. The zero-order valence-electron chi connectivity index (χ0n) is 9.47. The third kappa shape index (κ3) is 4.13. The van der Waals surface area contributed by atoms with Gasteiger partial charge in [-0.25, -0.2) is 4.79 Å². The van der Waals surface area contributed by atoms with E-state index in [-0.39, 0.29) is 6.61 Å². The number of carbonyl (C=O) groups is 1. The Morgan fingerprint density at radius 1 is 1.31 bits per heavy atom. The van der Waals surface area contributed by atoms with Crippen LogP contribution < -0.4 is 0 Å². The molecule has 0 bridgehead atoms. The maximum atomic E-state index is 10.9. The minimum atomic E-state index is -0.410. The van der Waals surface area contributed by atoms with Crippen molar-refractivity contribution >= 4 is 11.7 Å². The first-order chi connectivity index (χ1) is 7.74. The van der Waals surface area contributed by atoms with E-state index in [2.05, 4.69) is 5.16 Å². The van der Waals surface area contributed by atoms with Gasteiger partial charge >= 0.3 is 5.97 Å². The number of rotatable bonds is 5. The standard InChI is InChI=1S/C12H15NO3/c1-3-15-12(14)9-16-13-10(2)11-7-5-4-6-8-11/h4-8H,3,9H2,1-2H3/b13-10+. The van der Waals surface area contributed by atoms with Crippen LogP contribution in [0.2, 0.25) is 0 Å². The van der Waals surface area contributed by atoms with Crippen molar-refractivity contribution in [2.75, 3.05) is 13.2 Å². The molecular weight excluding hydrogens is 206 g/mol. The number of benzene rings is 1. The van der Waals surface area contributed by atoms with Crippen molar-refractivity contribution in [3.63, 3.8) is 0 Å². The van der Waals surface area contributed by atoms with E-state index in [0.29, 0.717) is 6.61 Å². The highest BCUT2D eigenvalue weighted by Gasteiger charge is 2.01. The van der Waals surface area contributed by atoms with Crippen LogP contribution >= 0.6 is 0 Å². The van der Waals surface area contributed by atoms with E-state index < -0.39 is 5.97 Å². The first kappa shape index (κ1) is 12.2. The van der Waals surface area contributed by atoms with Crippen molar-refractivity contribution < 1.29 is 14.4 Å². The zero-order valence-corrected chi connectivity index (χ0v) is 9.47. The van der Waals surface area contributed by atoms with E-state index in [4.69, 9.17) is 9.57 Å². The highest BCUT2D eigenvalue weighted by molar-refractivity contribution is 5.98. The van der Waals surface area contributed by atoms with Gasteiger partial charge in [-0.3, -0.25) is 0 Å². The number of hydrogen-bond acceptors (Lipinski definition) is 4. The quantitative estimate of drug-likeness (QED) is 0.434. The van der Waals surface area contributed by atoms with Gasteiger partial charge in [0.2, 0.25) is 6.61 Å². The Morgan fingerprint density at radius 3 is 2.62 bits per heavy atom. The van der Waals surface area contributed by atoms with Crippen molar-refractivity contribution in [3.05, 3.63) is 35.9 Å². The first-order valence-corrected chi connectivity index (χ1v) is 5.11. The largest absolute Gasteiger partial charge is 0.463 e. The normalized spacial score (nSPS) is 11.0. The fraction of sp³-hybridized carbons (Fsp3) is 0.333. The van der Waals surface area contributed by atoms with Gasteiger partial charge in [0.05, 0.1) is 12.3 Å². The summed E-state index contributed by atoms with van der Waals surface area (Å²) in [5, 5.41) is 3.83. The summed E-state index contributed by atoms with van der Waals surface area (Å²) < 4.78 is 4.70. The van der Waals surface area contributed by atoms with Crippen molar-refractivity contribution in [2.45, 2.75) is 13.8 Å². The van der Waals surface area contributed by atoms with Gasteiger partial charge in [0.15, 0.2) is 0 Å². The molecule has 0 saturated carbocycles. The molecule has 0 atom stereocenters. The number of oxime groups is 1. The molecule has 1 rings (SSSR count). The van der Waals surface area contributed by atoms with E-state index in [0.717, 1.165) is 11.3 Å². The van der Waals surface area contributed by atoms with Gasteiger partial charge in [-0.2, -0.15) is 0 Å². The minimum Gasteiger partial charge on any atom is -0.463 e. The van der Waals surface area contributed by atoms with E-state index in [9.17, 15) is 4.79 Å². The van der Waals surface area contributed by atoms with Crippen LogP contribution in [0.15, 0.2) is 35.5 Å². The summed E-state index contributed by atoms with van der Waals surface area (Å²) in [6.45, 7) is 3.76. The molecule has 16 heavy (non-hydrogen) atoms. The van der Waals surface area contributed by atoms with Crippen LogP contribution in [-0.2, 0) is 14.4 Å². The highest BCUT2D eigenvalue weighted by Crippen LogP contribution is 2.00. The molecule has 0 spiro atoms. The molecule has 0 aromatic heterocycles. The lowest BCUT2D eigenvalue weighted by atomic mass is 10.1. The van der Waals surface area contributed by atoms with Crippen LogP contribution in [0.5, 0.6) is 0 Å². The molecule has 4 nitrogen and oxygen atoms in total. The van der Waals surface area contributed by atoms with Gasteiger partial charge in [0.1, 0.15) is 0 Å². The third-order valence-electron chi connectivity index (χ3n) is 1.88. The van der Waals surface area contributed by atoms with Gasteiger partial charge < -0.3 is 9.57 Å². The number of carbonyl (C=O) groups excluding carboxylic acids is 1. The van der Waals surface area contributed by atoms with E-state index in [1.54, 1.807) is 6.92 Å². The van der Waals surface area contributed by atoms with E-state index in [1.807, 2.05) is 37.3 Å². The van der Waals surface area contributed by atoms with Crippen molar-refractivity contribution in [2.24, 2.45) is 5.16 Å². The lowest BCUT2D eigenvalue weighted by molar-refractivity contribution is -0.148. The second-order valence-corrected chi connectivity index (χ2v) is 3.12. The Balaban J connectivity index is 2.43. The summed E-state index contributed by atoms with van der Waals surface area (Å²) in [6, 6.07) is 9.61. The average Bonchev–Trinajstić information content (AvgIpc) is 2.30. The van der Waals surface area contributed by atoms with Gasteiger partial charge in [-0.15, -0.1) is 0 Å². The zero-order chi connectivity index (χ0) is 11.8. The second kappa shape index (κ2) is 6.61. The van der Waals surface area contributed by atoms with Crippen LogP contribution in [0.25, 0.3) is 0 Å². The third-order valence-corrected chi connectivity index (χ3v) is 1.88. The van der Waals surface area contributed by atoms with Gasteiger partial charge in [0.25, 0.3) is 0 Å². The fourth-order valence-corrected chi connectivity index (χ4v) is 1.12. The predicted octanol–water partition coefficient (Wildman–Crippen LogP) is 1.99. The number of hydrogen-bond donors (Lipinski definition) is 0. The Hall–Kier alpha value is -1.84. The molecule has 0 radical (unpaired) electrons. The monoisotopic (exact) mass is 221 g/mol. The van der Waals surface area contributed by atoms with Crippen molar-refractivity contribution in [1.29, 1.82) is 0 Å². The lowest BCUT2D eigenvalue weighted by Crippen LogP contribution is -2.11. The SMILES string of the molecule is CCOC(=O)CO/N=C(\C)c1ccccc1. The molecule has 0 N–H and O–H groups in total. The number of esters is 1. The smallest absolute Gasteiger partial charge is 0.347 e. The van der Waals surface area contributed by atoms with Crippen LogP contribution in [0, 0.1) is 0 Å². The Labute approximate surface area is 94.9 Å². The number of nitrogens with zero attached hydrogens (tertiary/aromatic N) is 1. The van der Waals surface area contributed by atoms with Crippen LogP contribution in [0.3, 0.4) is 0 Å². The fourth-order valence-electron chi connectivity index (χ4n) is 1.12. The molecule has 86 valence electrons. The Kier molecular flexibility index (Phi) is 5.05. The summed E-state index contributed by atoms with van der Waals surface area (Å²) in [6.07, 6.45) is 0. The van der Waals surface area contributed by atoms with Gasteiger partial charge in [0, 0.05) is 0 Å². The molecule has 1 aromatic carbocycles. The molecule has 0 fully saturated rings.